The number of likely N-dealkylation sites (tertiary alicyclic amines) is 1. The largest absolute Gasteiger partial charge is 0.444 e. The number of hydrogen-bond acceptors (Lipinski definition) is 4. The molecule has 1 saturated heterocycles. The van der Waals surface area contributed by atoms with Crippen LogP contribution in [0.1, 0.15) is 50.8 Å². The number of alkyl carbamates (subject to hydrolysis) is 1. The fourth-order valence-electron chi connectivity index (χ4n) is 3.14. The lowest BCUT2D eigenvalue weighted by Gasteiger charge is -2.30. The van der Waals surface area contributed by atoms with E-state index in [0.717, 1.165) is 11.1 Å². The van der Waals surface area contributed by atoms with Crippen LogP contribution in [0.5, 0.6) is 0 Å². The Bertz CT molecular complexity index is 666. The number of ether oxygens (including phenoxy) is 1. The minimum absolute atomic E-state index is 0.0175. The summed E-state index contributed by atoms with van der Waals surface area (Å²) in [7, 11) is 0. The lowest BCUT2D eigenvalue weighted by atomic mass is 9.95. The molecule has 1 aliphatic rings. The number of amides is 2. The molecule has 0 radical (unpaired) electrons. The Balaban J connectivity index is 2.00. The Kier molecular flexibility index (Phi) is 6.42. The molecule has 2 N–H and O–H groups in total. The van der Waals surface area contributed by atoms with E-state index in [1.165, 1.54) is 0 Å². The van der Waals surface area contributed by atoms with Crippen molar-refractivity contribution in [1.82, 2.24) is 10.2 Å². The normalized spacial score (nSPS) is 18.5. The van der Waals surface area contributed by atoms with Crippen molar-refractivity contribution >= 4 is 18.1 Å². The van der Waals surface area contributed by atoms with E-state index in [-0.39, 0.29) is 18.5 Å². The van der Waals surface area contributed by atoms with Crippen LogP contribution in [-0.4, -0.2) is 46.7 Å². The van der Waals surface area contributed by atoms with Crippen LogP contribution in [-0.2, 0) is 9.53 Å². The molecule has 0 aliphatic carbocycles. The smallest absolute Gasteiger partial charge is 0.407 e. The zero-order valence-corrected chi connectivity index (χ0v) is 15.7. The quantitative estimate of drug-likeness (QED) is 0.818. The highest BCUT2D eigenvalue weighted by molar-refractivity contribution is 5.79. The second kappa shape index (κ2) is 8.36. The number of aliphatic hydroxyl groups excluding tert-OH is 1. The Morgan fingerprint density at radius 3 is 2.81 bits per heavy atom. The van der Waals surface area contributed by atoms with Crippen molar-refractivity contribution in [1.29, 1.82) is 0 Å². The topological polar surface area (TPSA) is 78.9 Å². The van der Waals surface area contributed by atoms with Crippen LogP contribution in [0.2, 0.25) is 0 Å². The zero-order valence-electron chi connectivity index (χ0n) is 15.7. The van der Waals surface area contributed by atoms with Gasteiger partial charge in [0.05, 0.1) is 12.1 Å². The average Bonchev–Trinajstić information content (AvgIpc) is 2.93. The van der Waals surface area contributed by atoms with E-state index in [4.69, 9.17) is 4.74 Å². The zero-order chi connectivity index (χ0) is 19.3. The minimum atomic E-state index is -0.794. The van der Waals surface area contributed by atoms with Crippen LogP contribution in [0.3, 0.4) is 0 Å². The first kappa shape index (κ1) is 20.0. The van der Waals surface area contributed by atoms with Crippen LogP contribution >= 0.6 is 0 Å². The average molecular weight is 360 g/mol. The minimum Gasteiger partial charge on any atom is -0.444 e. The van der Waals surface area contributed by atoms with Crippen molar-refractivity contribution in [2.45, 2.75) is 51.4 Å². The van der Waals surface area contributed by atoms with E-state index in [0.29, 0.717) is 19.4 Å². The van der Waals surface area contributed by atoms with Crippen LogP contribution in [0.25, 0.3) is 6.08 Å². The number of benzene rings is 1. The molecule has 142 valence electrons. The fraction of sp³-hybridized carbons (Fsp3) is 0.500. The number of aliphatic hydroxyl groups is 1. The molecular weight excluding hydrogens is 332 g/mol. The highest BCUT2D eigenvalue weighted by atomic mass is 16.6. The summed E-state index contributed by atoms with van der Waals surface area (Å²) in [5.74, 6) is -0.0175. The number of rotatable bonds is 6. The fourth-order valence-corrected chi connectivity index (χ4v) is 3.14. The third-order valence-corrected chi connectivity index (χ3v) is 4.29. The van der Waals surface area contributed by atoms with Gasteiger partial charge in [-0.2, -0.15) is 0 Å². The van der Waals surface area contributed by atoms with Gasteiger partial charge in [-0.3, -0.25) is 4.79 Å². The van der Waals surface area contributed by atoms with Crippen molar-refractivity contribution < 1.29 is 19.4 Å². The molecule has 0 spiro atoms. The molecule has 1 fully saturated rings. The molecule has 2 rings (SSSR count). The molecule has 0 aromatic heterocycles. The van der Waals surface area contributed by atoms with Crippen molar-refractivity contribution in [2.24, 2.45) is 0 Å². The first-order chi connectivity index (χ1) is 12.2. The van der Waals surface area contributed by atoms with Crippen molar-refractivity contribution in [3.8, 4) is 0 Å². The standard InChI is InChI=1S/C20H28N2O4/c1-5-14-8-6-7-9-15(14)18(24)16-10-11-17(23)22(16)13-12-21-19(25)26-20(2,3)4/h5-9,16,18,24H,1,10-13H2,2-4H3,(H,21,25). The van der Waals surface area contributed by atoms with Crippen molar-refractivity contribution in [3.63, 3.8) is 0 Å². The Morgan fingerprint density at radius 1 is 1.46 bits per heavy atom. The molecule has 6 nitrogen and oxygen atoms in total. The van der Waals surface area contributed by atoms with Gasteiger partial charge in [0.1, 0.15) is 5.60 Å². The van der Waals surface area contributed by atoms with Gasteiger partial charge >= 0.3 is 6.09 Å². The summed E-state index contributed by atoms with van der Waals surface area (Å²) in [6.45, 7) is 9.75. The maximum atomic E-state index is 12.2. The van der Waals surface area contributed by atoms with E-state index in [2.05, 4.69) is 11.9 Å². The van der Waals surface area contributed by atoms with Crippen molar-refractivity contribution in [3.05, 3.63) is 42.0 Å². The number of hydrogen-bond donors (Lipinski definition) is 2. The summed E-state index contributed by atoms with van der Waals surface area (Å²) in [6, 6.07) is 7.16. The second-order valence-electron chi connectivity index (χ2n) is 7.40. The summed E-state index contributed by atoms with van der Waals surface area (Å²) in [5.41, 5.74) is 1.04. The van der Waals surface area contributed by atoms with Crippen LogP contribution < -0.4 is 5.32 Å². The molecule has 0 saturated carbocycles. The summed E-state index contributed by atoms with van der Waals surface area (Å²) in [5, 5.41) is 13.5. The van der Waals surface area contributed by atoms with Crippen LogP contribution in [0.4, 0.5) is 4.79 Å². The second-order valence-corrected chi connectivity index (χ2v) is 7.40. The van der Waals surface area contributed by atoms with Gasteiger partial charge in [0, 0.05) is 19.5 Å². The monoisotopic (exact) mass is 360 g/mol. The molecule has 1 heterocycles. The number of nitrogens with zero attached hydrogens (tertiary/aromatic N) is 1. The Morgan fingerprint density at radius 2 is 2.15 bits per heavy atom. The van der Waals surface area contributed by atoms with Gasteiger partial charge in [-0.25, -0.2) is 4.79 Å². The predicted octanol–water partition coefficient (Wildman–Crippen LogP) is 2.88. The first-order valence-electron chi connectivity index (χ1n) is 8.88. The van der Waals surface area contributed by atoms with Gasteiger partial charge in [0.25, 0.3) is 0 Å². The molecule has 1 aromatic carbocycles. The first-order valence-corrected chi connectivity index (χ1v) is 8.88. The van der Waals surface area contributed by atoms with E-state index in [9.17, 15) is 14.7 Å². The lowest BCUT2D eigenvalue weighted by molar-refractivity contribution is -0.130. The Hall–Kier alpha value is -2.34. The molecule has 2 amide bonds. The van der Waals surface area contributed by atoms with E-state index in [1.807, 2.05) is 24.3 Å². The Labute approximate surface area is 154 Å². The van der Waals surface area contributed by atoms with Crippen LogP contribution in [0.15, 0.2) is 30.8 Å². The molecule has 1 aromatic rings. The van der Waals surface area contributed by atoms with Crippen LogP contribution in [0, 0.1) is 0 Å². The molecule has 2 unspecified atom stereocenters. The lowest BCUT2D eigenvalue weighted by Crippen LogP contribution is -2.43. The van der Waals surface area contributed by atoms with Gasteiger partial charge < -0.3 is 20.1 Å². The highest BCUT2D eigenvalue weighted by Gasteiger charge is 2.36. The van der Waals surface area contributed by atoms with E-state index < -0.39 is 17.8 Å². The summed E-state index contributed by atoms with van der Waals surface area (Å²) < 4.78 is 5.19. The third kappa shape index (κ3) is 5.08. The summed E-state index contributed by atoms with van der Waals surface area (Å²) in [4.78, 5) is 25.6. The van der Waals surface area contributed by atoms with Gasteiger partial charge in [0.2, 0.25) is 5.91 Å². The van der Waals surface area contributed by atoms with E-state index in [1.54, 1.807) is 31.7 Å². The number of carbonyl (C=O) groups excluding carboxylic acids is 2. The van der Waals surface area contributed by atoms with Gasteiger partial charge in [-0.1, -0.05) is 36.9 Å². The summed E-state index contributed by atoms with van der Waals surface area (Å²) in [6.07, 6.45) is 1.36. The van der Waals surface area contributed by atoms with E-state index >= 15 is 0 Å². The third-order valence-electron chi connectivity index (χ3n) is 4.29. The predicted molar refractivity (Wildman–Crippen MR) is 100 cm³/mol. The van der Waals surface area contributed by atoms with Gasteiger partial charge in [-0.15, -0.1) is 0 Å². The number of carbonyl (C=O) groups is 2. The SMILES string of the molecule is C=Cc1ccccc1C(O)C1CCC(=O)N1CCNC(=O)OC(C)(C)C. The molecule has 6 heteroatoms. The molecule has 2 atom stereocenters. The van der Waals surface area contributed by atoms with Gasteiger partial charge in [0.15, 0.2) is 0 Å². The number of nitrogens with one attached hydrogen (secondary N) is 1. The molecule has 0 bridgehead atoms. The van der Waals surface area contributed by atoms with Gasteiger partial charge in [-0.05, 0) is 38.3 Å². The molecular formula is C20H28N2O4. The molecule has 1 aliphatic heterocycles. The summed E-state index contributed by atoms with van der Waals surface area (Å²) >= 11 is 0. The maximum absolute atomic E-state index is 12.2. The highest BCUT2D eigenvalue weighted by Crippen LogP contribution is 2.31. The maximum Gasteiger partial charge on any atom is 0.407 e. The van der Waals surface area contributed by atoms with Crippen molar-refractivity contribution in [2.75, 3.05) is 13.1 Å². The molecule has 26 heavy (non-hydrogen) atoms.